The Morgan fingerprint density at radius 3 is 2.48 bits per heavy atom. The molecule has 2 aliphatic rings. The number of H-pyrrole nitrogens is 1. The van der Waals surface area contributed by atoms with Crippen LogP contribution in [0.3, 0.4) is 0 Å². The van der Waals surface area contributed by atoms with Gasteiger partial charge in [0.1, 0.15) is 18.5 Å². The molecule has 50 heavy (non-hydrogen) atoms. The van der Waals surface area contributed by atoms with Gasteiger partial charge in [0.15, 0.2) is 11.4 Å². The van der Waals surface area contributed by atoms with Crippen molar-refractivity contribution in [1.82, 2.24) is 35.4 Å². The number of allylic oxidation sites excluding steroid dienone is 1. The molecule has 0 saturated heterocycles. The molecule has 0 spiro atoms. The lowest BCUT2D eigenvalue weighted by atomic mass is 9.85. The number of alkyl carbamates (subject to hydrolysis) is 1. The molecule has 4 aromatic rings. The number of ether oxygens (including phenoxy) is 1. The predicted molar refractivity (Wildman–Crippen MR) is 178 cm³/mol. The fourth-order valence-electron chi connectivity index (χ4n) is 5.56. The van der Waals surface area contributed by atoms with E-state index >= 15 is 0 Å². The number of nitrogens with one attached hydrogen (secondary N) is 2. The van der Waals surface area contributed by atoms with Gasteiger partial charge in [0.05, 0.1) is 23.0 Å². The minimum atomic E-state index is -4.66. The number of hydrogen-bond acceptors (Lipinski definition) is 9. The fourth-order valence-corrected chi connectivity index (χ4v) is 5.76. The molecular weight excluding hydrogens is 675 g/mol. The highest BCUT2D eigenvalue weighted by atomic mass is 35.5. The summed E-state index contributed by atoms with van der Waals surface area (Å²) in [6, 6.07) is 10.7. The molecular formula is C34H33ClF3N9O3. The first-order valence-corrected chi connectivity index (χ1v) is 15.9. The van der Waals surface area contributed by atoms with E-state index in [1.165, 1.54) is 11.2 Å². The quantitative estimate of drug-likeness (QED) is 0.176. The summed E-state index contributed by atoms with van der Waals surface area (Å²) in [6.45, 7) is 5.30. The normalized spacial score (nSPS) is 19.4. The van der Waals surface area contributed by atoms with E-state index in [0.717, 1.165) is 5.56 Å². The second-order valence-electron chi connectivity index (χ2n) is 13.2. The molecule has 2 aromatic heterocycles. The van der Waals surface area contributed by atoms with E-state index in [0.29, 0.717) is 33.2 Å². The van der Waals surface area contributed by atoms with Crippen molar-refractivity contribution in [3.63, 3.8) is 0 Å². The average molecular weight is 708 g/mol. The van der Waals surface area contributed by atoms with Crippen LogP contribution in [0.4, 0.5) is 18.0 Å². The standard InChI is InChI=1S/C34H33ClF3N9O3/c1-31(2,3)10-13-33(22-7-4-20(5-8-22)25-17-40-14-15-41-25)28(48)47(29(39)44-33)26(18-50-30(49)45-32(11-12-32)34(36,37)38)21-6-9-24(35)23(16-21)27-42-19-43-46-27/h4-10,13-17,19,26H,11-12,18H2,1-3H3,(H2,39,44)(H,45,49)(H,42,43,46)/b13-10+/t26-,33?/m1/s1. The number of aromatic nitrogens is 5. The zero-order valence-corrected chi connectivity index (χ0v) is 28.0. The van der Waals surface area contributed by atoms with E-state index in [-0.39, 0.29) is 24.2 Å². The van der Waals surface area contributed by atoms with Gasteiger partial charge < -0.3 is 15.8 Å². The Morgan fingerprint density at radius 1 is 1.14 bits per heavy atom. The number of nitrogens with two attached hydrogens (primary N) is 1. The Hall–Kier alpha value is -5.31. The summed E-state index contributed by atoms with van der Waals surface area (Å²) in [5.41, 5.74) is 4.84. The molecule has 1 aliphatic heterocycles. The summed E-state index contributed by atoms with van der Waals surface area (Å²) in [4.78, 5) is 46.1. The molecule has 1 fully saturated rings. The van der Waals surface area contributed by atoms with Gasteiger partial charge in [0, 0.05) is 23.5 Å². The lowest BCUT2D eigenvalue weighted by Crippen LogP contribution is -2.49. The molecule has 0 radical (unpaired) electrons. The first kappa shape index (κ1) is 34.5. The van der Waals surface area contributed by atoms with Crippen LogP contribution < -0.4 is 11.1 Å². The van der Waals surface area contributed by atoms with Crippen LogP contribution in [0, 0.1) is 5.41 Å². The van der Waals surface area contributed by atoms with Crippen LogP contribution >= 0.6 is 11.6 Å². The molecule has 6 rings (SSSR count). The topological polar surface area (TPSA) is 164 Å². The number of halogens is 4. The average Bonchev–Trinajstić information content (AvgIpc) is 3.57. The third kappa shape index (κ3) is 6.77. The Labute approximate surface area is 290 Å². The Morgan fingerprint density at radius 2 is 1.88 bits per heavy atom. The predicted octanol–water partition coefficient (Wildman–Crippen LogP) is 6.10. The third-order valence-electron chi connectivity index (χ3n) is 8.45. The van der Waals surface area contributed by atoms with Crippen LogP contribution in [-0.2, 0) is 15.1 Å². The smallest absolute Gasteiger partial charge is 0.411 e. The van der Waals surface area contributed by atoms with Crippen LogP contribution in [0.25, 0.3) is 22.6 Å². The van der Waals surface area contributed by atoms with Crippen LogP contribution in [0.5, 0.6) is 0 Å². The summed E-state index contributed by atoms with van der Waals surface area (Å²) in [7, 11) is 0. The number of benzene rings is 2. The Bertz CT molecular complexity index is 1940. The molecule has 0 bridgehead atoms. The van der Waals surface area contributed by atoms with E-state index < -0.39 is 41.9 Å². The number of aliphatic imine (C=N–C) groups is 1. The number of nitrogens with zero attached hydrogens (tertiary/aromatic N) is 6. The largest absolute Gasteiger partial charge is 0.447 e. The molecule has 12 nitrogen and oxygen atoms in total. The van der Waals surface area contributed by atoms with Gasteiger partial charge in [-0.25, -0.2) is 14.8 Å². The molecule has 1 aliphatic carbocycles. The summed E-state index contributed by atoms with van der Waals surface area (Å²) in [6.07, 6.45) is 3.06. The fraction of sp³-hybridized carbons (Fsp3) is 0.324. The summed E-state index contributed by atoms with van der Waals surface area (Å²) in [5.74, 6) is -0.470. The SMILES string of the molecule is CC(C)(C)/C=C/C1(c2ccc(-c3cnccn3)cc2)N=C(N)N([C@H](COC(=O)NC2(C(F)(F)F)CC2)c2ccc(Cl)c(-c3ncn[nH]3)c2)C1=O. The maximum atomic E-state index is 14.8. The van der Waals surface area contributed by atoms with Gasteiger partial charge in [-0.2, -0.15) is 18.3 Å². The van der Waals surface area contributed by atoms with Gasteiger partial charge >= 0.3 is 12.3 Å². The van der Waals surface area contributed by atoms with Crippen LogP contribution in [0.1, 0.15) is 50.8 Å². The molecule has 2 aromatic carbocycles. The zero-order chi connectivity index (χ0) is 35.9. The van der Waals surface area contributed by atoms with E-state index in [2.05, 4.69) is 25.1 Å². The number of guanidine groups is 1. The summed E-state index contributed by atoms with van der Waals surface area (Å²) in [5, 5.41) is 8.85. The number of aromatic amines is 1. The minimum absolute atomic E-state index is 0.203. The van der Waals surface area contributed by atoms with Crippen LogP contribution in [0.2, 0.25) is 5.02 Å². The summed E-state index contributed by atoms with van der Waals surface area (Å²) >= 11 is 6.49. The van der Waals surface area contributed by atoms with Gasteiger partial charge in [-0.1, -0.05) is 68.8 Å². The maximum Gasteiger partial charge on any atom is 0.411 e. The number of alkyl halides is 3. The molecule has 1 saturated carbocycles. The van der Waals surface area contributed by atoms with Crippen molar-refractivity contribution in [2.24, 2.45) is 16.1 Å². The Kier molecular flexibility index (Phi) is 8.89. The number of carbonyl (C=O) groups excluding carboxylic acids is 2. The van der Waals surface area contributed by atoms with Gasteiger partial charge in [-0.15, -0.1) is 0 Å². The van der Waals surface area contributed by atoms with Crippen molar-refractivity contribution >= 4 is 29.6 Å². The molecule has 260 valence electrons. The number of carbonyl (C=O) groups is 2. The molecule has 16 heteroatoms. The van der Waals surface area contributed by atoms with Crippen LogP contribution in [-0.4, -0.2) is 66.3 Å². The van der Waals surface area contributed by atoms with Crippen molar-refractivity contribution in [3.8, 4) is 22.6 Å². The minimum Gasteiger partial charge on any atom is -0.447 e. The molecule has 2 amide bonds. The molecule has 1 unspecified atom stereocenters. The number of amides is 2. The monoisotopic (exact) mass is 707 g/mol. The highest BCUT2D eigenvalue weighted by molar-refractivity contribution is 6.33. The van der Waals surface area contributed by atoms with E-state index in [4.69, 9.17) is 27.1 Å². The van der Waals surface area contributed by atoms with Crippen molar-refractivity contribution in [2.45, 2.75) is 56.9 Å². The maximum absolute atomic E-state index is 14.8. The number of rotatable bonds is 9. The highest BCUT2D eigenvalue weighted by Gasteiger charge is 2.64. The van der Waals surface area contributed by atoms with Crippen molar-refractivity contribution < 1.29 is 27.5 Å². The first-order valence-electron chi connectivity index (χ1n) is 15.6. The highest BCUT2D eigenvalue weighted by Crippen LogP contribution is 2.49. The first-order chi connectivity index (χ1) is 23.6. The Balaban J connectivity index is 1.40. The third-order valence-corrected chi connectivity index (χ3v) is 8.78. The van der Waals surface area contributed by atoms with E-state index in [1.54, 1.807) is 67.1 Å². The molecule has 2 atom stereocenters. The lowest BCUT2D eigenvalue weighted by Gasteiger charge is -2.31. The number of hydrogen-bond donors (Lipinski definition) is 3. The van der Waals surface area contributed by atoms with Gasteiger partial charge in [0.25, 0.3) is 5.91 Å². The lowest BCUT2D eigenvalue weighted by molar-refractivity contribution is -0.164. The van der Waals surface area contributed by atoms with E-state index in [1.807, 2.05) is 32.2 Å². The second kappa shape index (κ2) is 12.9. The second-order valence-corrected chi connectivity index (χ2v) is 13.6. The summed E-state index contributed by atoms with van der Waals surface area (Å²) < 4.78 is 46.2. The van der Waals surface area contributed by atoms with Gasteiger partial charge in [0.2, 0.25) is 5.96 Å². The molecule has 3 heterocycles. The van der Waals surface area contributed by atoms with Crippen molar-refractivity contribution in [2.75, 3.05) is 6.61 Å². The van der Waals surface area contributed by atoms with E-state index in [9.17, 15) is 22.8 Å². The zero-order valence-electron chi connectivity index (χ0n) is 27.2. The van der Waals surface area contributed by atoms with Gasteiger partial charge in [-0.05, 0) is 47.6 Å². The van der Waals surface area contributed by atoms with Crippen molar-refractivity contribution in [1.29, 1.82) is 0 Å². The molecule has 4 N–H and O–H groups in total. The van der Waals surface area contributed by atoms with Crippen molar-refractivity contribution in [3.05, 3.63) is 95.7 Å². The van der Waals surface area contributed by atoms with Gasteiger partial charge in [-0.3, -0.25) is 24.8 Å². The van der Waals surface area contributed by atoms with Crippen LogP contribution in [0.15, 0.2) is 84.5 Å².